The molecule has 3 aromatic rings. The summed E-state index contributed by atoms with van der Waals surface area (Å²) in [4.78, 5) is 20.2. The maximum Gasteiger partial charge on any atom is 0.451 e. The Kier molecular flexibility index (Phi) is 3.88. The number of alkyl halides is 3. The molecule has 1 aromatic carbocycles. The van der Waals surface area contributed by atoms with Crippen LogP contribution < -0.4 is 5.56 Å². The van der Waals surface area contributed by atoms with Crippen molar-refractivity contribution < 1.29 is 13.2 Å². The number of hydrogen-bond donors (Lipinski definition) is 1. The molecule has 2 heterocycles. The molecule has 0 saturated carbocycles. The number of nitrogens with zero attached hydrogens (tertiary/aromatic N) is 3. The molecule has 0 atom stereocenters. The van der Waals surface area contributed by atoms with Gasteiger partial charge in [-0.1, -0.05) is 17.7 Å². The Hall–Kier alpha value is -2.29. The number of aryl methyl sites for hydroxylation is 1. The lowest BCUT2D eigenvalue weighted by atomic mass is 10.2. The number of thioether (sulfide) groups is 1. The van der Waals surface area contributed by atoms with Crippen LogP contribution in [0.3, 0.4) is 0 Å². The maximum absolute atomic E-state index is 12.6. The average molecular weight is 340 g/mol. The molecule has 0 bridgehead atoms. The summed E-state index contributed by atoms with van der Waals surface area (Å²) in [5.41, 5.74) is 0.877. The van der Waals surface area contributed by atoms with Gasteiger partial charge in [-0.25, -0.2) is 4.98 Å². The molecule has 0 amide bonds. The smallest absolute Gasteiger partial charge is 0.267 e. The summed E-state index contributed by atoms with van der Waals surface area (Å²) in [6.45, 7) is 1.97. The van der Waals surface area contributed by atoms with E-state index in [2.05, 4.69) is 9.97 Å². The van der Waals surface area contributed by atoms with Gasteiger partial charge in [0.25, 0.3) is 11.3 Å². The van der Waals surface area contributed by atoms with E-state index in [1.54, 1.807) is 0 Å². The number of aromatic amines is 1. The van der Waals surface area contributed by atoms with E-state index in [0.717, 1.165) is 10.5 Å². The minimum Gasteiger partial charge on any atom is -0.267 e. The van der Waals surface area contributed by atoms with Gasteiger partial charge in [0, 0.05) is 16.7 Å². The predicted octanol–water partition coefficient (Wildman–Crippen LogP) is 3.04. The monoisotopic (exact) mass is 340 g/mol. The van der Waals surface area contributed by atoms with E-state index in [0.29, 0.717) is 16.0 Å². The van der Waals surface area contributed by atoms with Gasteiger partial charge < -0.3 is 0 Å². The summed E-state index contributed by atoms with van der Waals surface area (Å²) < 4.78 is 38.5. The van der Waals surface area contributed by atoms with Crippen LogP contribution in [0.25, 0.3) is 5.78 Å². The number of halogens is 3. The van der Waals surface area contributed by atoms with Crippen LogP contribution in [0.1, 0.15) is 17.1 Å². The zero-order valence-corrected chi connectivity index (χ0v) is 12.7. The van der Waals surface area contributed by atoms with Gasteiger partial charge in [0.2, 0.25) is 5.82 Å². The minimum absolute atomic E-state index is 0.288. The molecule has 0 saturated heterocycles. The van der Waals surface area contributed by atoms with Crippen LogP contribution in [-0.2, 0) is 11.9 Å². The standard InChI is InChI=1S/C14H11F3N4OS/c1-8-2-4-10(5-3-8)23-7-9-6-11(22)21-13(18-9)19-12(20-21)14(15,16)17/h2-6H,7H2,1H3,(H,18,19,20). The second kappa shape index (κ2) is 5.73. The summed E-state index contributed by atoms with van der Waals surface area (Å²) in [6, 6.07) is 8.98. The fourth-order valence-corrected chi connectivity index (χ4v) is 2.71. The number of nitrogens with one attached hydrogen (secondary N) is 1. The normalized spacial score (nSPS) is 12.0. The van der Waals surface area contributed by atoms with Gasteiger partial charge in [-0.2, -0.15) is 22.7 Å². The molecule has 0 unspecified atom stereocenters. The van der Waals surface area contributed by atoms with Crippen LogP contribution in [0.4, 0.5) is 13.2 Å². The Bertz CT molecular complexity index is 899. The molecule has 0 aliphatic heterocycles. The fourth-order valence-electron chi connectivity index (χ4n) is 1.92. The number of benzene rings is 1. The van der Waals surface area contributed by atoms with Gasteiger partial charge in [-0.3, -0.25) is 9.89 Å². The van der Waals surface area contributed by atoms with E-state index in [9.17, 15) is 18.0 Å². The van der Waals surface area contributed by atoms with Crippen LogP contribution in [-0.4, -0.2) is 19.6 Å². The Morgan fingerprint density at radius 3 is 2.57 bits per heavy atom. The summed E-state index contributed by atoms with van der Waals surface area (Å²) in [5, 5.41) is 1.91. The van der Waals surface area contributed by atoms with Crippen molar-refractivity contribution in [1.29, 1.82) is 0 Å². The lowest BCUT2D eigenvalue weighted by Crippen LogP contribution is -2.16. The van der Waals surface area contributed by atoms with Crippen LogP contribution in [0.2, 0.25) is 0 Å². The zero-order chi connectivity index (χ0) is 16.6. The number of rotatable bonds is 3. The van der Waals surface area contributed by atoms with Gasteiger partial charge in [-0.15, -0.1) is 11.8 Å². The van der Waals surface area contributed by atoms with E-state index < -0.39 is 17.6 Å². The third-order valence-electron chi connectivity index (χ3n) is 3.06. The summed E-state index contributed by atoms with van der Waals surface area (Å²) in [6.07, 6.45) is -4.66. The highest BCUT2D eigenvalue weighted by atomic mass is 32.2. The topological polar surface area (TPSA) is 63.0 Å². The molecule has 3 rings (SSSR count). The number of H-pyrrole nitrogens is 1. The molecule has 5 nitrogen and oxygen atoms in total. The largest absolute Gasteiger partial charge is 0.451 e. The summed E-state index contributed by atoms with van der Waals surface area (Å²) >= 11 is 1.44. The van der Waals surface area contributed by atoms with Gasteiger partial charge >= 0.3 is 6.18 Å². The Labute approximate surface area is 132 Å². The van der Waals surface area contributed by atoms with E-state index >= 15 is 0 Å². The lowest BCUT2D eigenvalue weighted by molar-refractivity contribution is -0.144. The first-order chi connectivity index (χ1) is 10.8. The highest BCUT2D eigenvalue weighted by molar-refractivity contribution is 7.98. The molecule has 23 heavy (non-hydrogen) atoms. The van der Waals surface area contributed by atoms with E-state index in [1.807, 2.05) is 36.3 Å². The summed E-state index contributed by atoms with van der Waals surface area (Å²) in [7, 11) is 0. The first-order valence-electron chi connectivity index (χ1n) is 6.58. The lowest BCUT2D eigenvalue weighted by Gasteiger charge is -2.02. The number of fused-ring (bicyclic) bond motifs is 1. The first-order valence-corrected chi connectivity index (χ1v) is 7.57. The molecule has 0 radical (unpaired) electrons. The van der Waals surface area contributed by atoms with Crippen LogP contribution in [0, 0.1) is 6.92 Å². The Morgan fingerprint density at radius 1 is 1.22 bits per heavy atom. The number of hydrogen-bond acceptors (Lipinski definition) is 4. The first kappa shape index (κ1) is 15.6. The van der Waals surface area contributed by atoms with Crippen molar-refractivity contribution in [1.82, 2.24) is 19.6 Å². The van der Waals surface area contributed by atoms with Crippen molar-refractivity contribution >= 4 is 17.5 Å². The van der Waals surface area contributed by atoms with Gasteiger partial charge in [-0.05, 0) is 19.1 Å². The van der Waals surface area contributed by atoms with Crippen molar-refractivity contribution in [3.05, 3.63) is 57.8 Å². The Balaban J connectivity index is 1.87. The van der Waals surface area contributed by atoms with Gasteiger partial charge in [0.15, 0.2) is 0 Å². The molecular formula is C14H11F3N4OS. The fraction of sp³-hybridized carbons (Fsp3) is 0.214. The summed E-state index contributed by atoms with van der Waals surface area (Å²) in [5.74, 6) is -1.17. The van der Waals surface area contributed by atoms with Crippen molar-refractivity contribution in [2.24, 2.45) is 0 Å². The molecule has 0 aliphatic carbocycles. The van der Waals surface area contributed by atoms with Gasteiger partial charge in [0.05, 0.1) is 5.69 Å². The highest BCUT2D eigenvalue weighted by Gasteiger charge is 2.35. The van der Waals surface area contributed by atoms with Crippen molar-refractivity contribution in [2.75, 3.05) is 0 Å². The second-order valence-corrected chi connectivity index (χ2v) is 5.94. The number of aromatic nitrogens is 4. The van der Waals surface area contributed by atoms with Crippen molar-refractivity contribution in [3.63, 3.8) is 0 Å². The van der Waals surface area contributed by atoms with E-state index in [4.69, 9.17) is 0 Å². The van der Waals surface area contributed by atoms with Crippen molar-refractivity contribution in [3.8, 4) is 0 Å². The molecule has 1 N–H and O–H groups in total. The highest BCUT2D eigenvalue weighted by Crippen LogP contribution is 2.26. The third kappa shape index (κ3) is 3.39. The molecule has 0 fully saturated rings. The van der Waals surface area contributed by atoms with Gasteiger partial charge in [0.1, 0.15) is 0 Å². The third-order valence-corrected chi connectivity index (χ3v) is 4.11. The van der Waals surface area contributed by atoms with E-state index in [1.165, 1.54) is 17.8 Å². The van der Waals surface area contributed by atoms with Crippen LogP contribution in [0.5, 0.6) is 0 Å². The quantitative estimate of drug-likeness (QED) is 0.745. The SMILES string of the molecule is Cc1ccc(SCc2cc(=O)n3[nH]c(C(F)(F)F)nc3n2)cc1. The minimum atomic E-state index is -4.66. The molecule has 120 valence electrons. The van der Waals surface area contributed by atoms with Crippen LogP contribution in [0.15, 0.2) is 40.0 Å². The Morgan fingerprint density at radius 2 is 1.91 bits per heavy atom. The molecule has 0 spiro atoms. The predicted molar refractivity (Wildman–Crippen MR) is 79.3 cm³/mol. The molecule has 0 aliphatic rings. The van der Waals surface area contributed by atoms with E-state index in [-0.39, 0.29) is 5.78 Å². The maximum atomic E-state index is 12.6. The molecule has 2 aromatic heterocycles. The van der Waals surface area contributed by atoms with Crippen LogP contribution >= 0.6 is 11.8 Å². The zero-order valence-electron chi connectivity index (χ0n) is 11.9. The second-order valence-electron chi connectivity index (χ2n) is 4.89. The average Bonchev–Trinajstić information content (AvgIpc) is 2.91. The van der Waals surface area contributed by atoms with Crippen molar-refractivity contribution in [2.45, 2.75) is 23.7 Å². The molecular weight excluding hydrogens is 329 g/mol. The molecule has 9 heteroatoms.